The lowest BCUT2D eigenvalue weighted by atomic mass is 10.1. The van der Waals surface area contributed by atoms with Gasteiger partial charge in [0.25, 0.3) is 5.91 Å². The van der Waals surface area contributed by atoms with Gasteiger partial charge in [0.1, 0.15) is 5.69 Å². The molecule has 0 fully saturated rings. The van der Waals surface area contributed by atoms with E-state index in [0.717, 1.165) is 16.9 Å². The quantitative estimate of drug-likeness (QED) is 0.734. The molecular weight excluding hydrogens is 312 g/mol. The third-order valence-corrected chi connectivity index (χ3v) is 3.76. The molecule has 0 spiro atoms. The predicted octanol–water partition coefficient (Wildman–Crippen LogP) is 4.21. The van der Waals surface area contributed by atoms with Gasteiger partial charge < -0.3 is 10.6 Å². The van der Waals surface area contributed by atoms with Gasteiger partial charge in [-0.2, -0.15) is 0 Å². The molecule has 0 radical (unpaired) electrons. The second-order valence-electron chi connectivity index (χ2n) is 5.82. The molecule has 1 heterocycles. The molecule has 5 heteroatoms. The zero-order valence-electron chi connectivity index (χ0n) is 14.2. The second-order valence-corrected chi connectivity index (χ2v) is 5.82. The summed E-state index contributed by atoms with van der Waals surface area (Å²) in [6.45, 7) is 3.88. The van der Waals surface area contributed by atoms with Crippen molar-refractivity contribution in [3.63, 3.8) is 0 Å². The number of aromatic nitrogens is 2. The Kier molecular flexibility index (Phi) is 5.04. The van der Waals surface area contributed by atoms with Crippen LogP contribution in [0.15, 0.2) is 66.7 Å². The van der Waals surface area contributed by atoms with Crippen LogP contribution in [0.4, 0.5) is 11.6 Å². The van der Waals surface area contributed by atoms with Crippen LogP contribution in [0, 0.1) is 6.92 Å². The molecule has 0 saturated heterocycles. The Balaban J connectivity index is 1.77. The van der Waals surface area contributed by atoms with Crippen LogP contribution in [-0.2, 0) is 0 Å². The van der Waals surface area contributed by atoms with Crippen LogP contribution in [0.3, 0.4) is 0 Å². The monoisotopic (exact) mass is 332 g/mol. The van der Waals surface area contributed by atoms with E-state index in [9.17, 15) is 4.79 Å². The molecular formula is C20H20N4O. The number of nitrogens with one attached hydrogen (secondary N) is 2. The number of para-hydroxylation sites is 1. The van der Waals surface area contributed by atoms with E-state index in [4.69, 9.17) is 0 Å². The Morgan fingerprint density at radius 2 is 1.60 bits per heavy atom. The first-order valence-corrected chi connectivity index (χ1v) is 8.15. The van der Waals surface area contributed by atoms with E-state index in [1.807, 2.05) is 74.5 Å². The van der Waals surface area contributed by atoms with Gasteiger partial charge in [-0.3, -0.25) is 4.79 Å². The lowest BCUT2D eigenvalue weighted by Gasteiger charge is -2.15. The number of benzene rings is 2. The Labute approximate surface area is 147 Å². The Morgan fingerprint density at radius 3 is 2.28 bits per heavy atom. The molecule has 3 aromatic rings. The predicted molar refractivity (Wildman–Crippen MR) is 99.6 cm³/mol. The number of rotatable bonds is 5. The summed E-state index contributed by atoms with van der Waals surface area (Å²) in [6, 6.07) is 21.1. The fourth-order valence-electron chi connectivity index (χ4n) is 2.48. The highest BCUT2D eigenvalue weighted by atomic mass is 16.1. The number of aryl methyl sites for hydroxylation is 1. The van der Waals surface area contributed by atoms with Crippen LogP contribution in [0.25, 0.3) is 0 Å². The summed E-state index contributed by atoms with van der Waals surface area (Å²) in [5, 5.41) is 6.10. The number of carbonyl (C=O) groups is 1. The maximum absolute atomic E-state index is 12.4. The molecule has 0 aliphatic heterocycles. The molecule has 1 unspecified atom stereocenters. The van der Waals surface area contributed by atoms with Crippen LogP contribution in [-0.4, -0.2) is 15.9 Å². The third kappa shape index (κ3) is 4.41. The molecule has 0 aliphatic rings. The van der Waals surface area contributed by atoms with Crippen molar-refractivity contribution in [2.24, 2.45) is 0 Å². The Hall–Kier alpha value is -3.21. The number of hydrogen-bond acceptors (Lipinski definition) is 4. The maximum atomic E-state index is 12.4. The molecule has 2 N–H and O–H groups in total. The largest absolute Gasteiger partial charge is 0.348 e. The zero-order valence-corrected chi connectivity index (χ0v) is 14.2. The normalized spacial score (nSPS) is 11.6. The van der Waals surface area contributed by atoms with E-state index < -0.39 is 0 Å². The summed E-state index contributed by atoms with van der Waals surface area (Å²) in [5.41, 5.74) is 2.92. The molecule has 0 aliphatic carbocycles. The van der Waals surface area contributed by atoms with Crippen molar-refractivity contribution < 1.29 is 4.79 Å². The average molecular weight is 332 g/mol. The molecule has 1 aromatic heterocycles. The lowest BCUT2D eigenvalue weighted by molar-refractivity contribution is 0.102. The molecule has 0 saturated carbocycles. The molecule has 0 bridgehead atoms. The smallest absolute Gasteiger partial charge is 0.274 e. The highest BCUT2D eigenvalue weighted by molar-refractivity contribution is 6.03. The third-order valence-electron chi connectivity index (χ3n) is 3.76. The number of amides is 1. The van der Waals surface area contributed by atoms with Gasteiger partial charge in [0, 0.05) is 11.4 Å². The maximum Gasteiger partial charge on any atom is 0.274 e. The van der Waals surface area contributed by atoms with Crippen LogP contribution < -0.4 is 10.6 Å². The number of nitrogens with zero attached hydrogens (tertiary/aromatic N) is 2. The fourth-order valence-corrected chi connectivity index (χ4v) is 2.48. The molecule has 25 heavy (non-hydrogen) atoms. The summed E-state index contributed by atoms with van der Waals surface area (Å²) in [5.74, 6) is 0.182. The van der Waals surface area contributed by atoms with Crippen molar-refractivity contribution in [1.29, 1.82) is 0 Å². The van der Waals surface area contributed by atoms with Crippen LogP contribution >= 0.6 is 0 Å². The summed E-state index contributed by atoms with van der Waals surface area (Å²) in [7, 11) is 0. The van der Waals surface area contributed by atoms with Gasteiger partial charge in [0.05, 0.1) is 6.04 Å². The SMILES string of the molecule is Cc1cc(C(=O)Nc2ccccc2)nc(NC(C)c2ccccc2)n1. The van der Waals surface area contributed by atoms with Crippen molar-refractivity contribution >= 4 is 17.5 Å². The first-order chi connectivity index (χ1) is 12.1. The van der Waals surface area contributed by atoms with E-state index in [1.165, 1.54) is 0 Å². The topological polar surface area (TPSA) is 66.9 Å². The second kappa shape index (κ2) is 7.57. The van der Waals surface area contributed by atoms with Crippen molar-refractivity contribution in [3.05, 3.63) is 83.7 Å². The van der Waals surface area contributed by atoms with E-state index in [0.29, 0.717) is 11.6 Å². The van der Waals surface area contributed by atoms with Crippen LogP contribution in [0.1, 0.15) is 34.7 Å². The summed E-state index contributed by atoms with van der Waals surface area (Å²) >= 11 is 0. The van der Waals surface area contributed by atoms with Gasteiger partial charge in [0.2, 0.25) is 5.95 Å². The minimum absolute atomic E-state index is 0.0352. The first-order valence-electron chi connectivity index (χ1n) is 8.15. The van der Waals surface area contributed by atoms with Crippen LogP contribution in [0.5, 0.6) is 0 Å². The van der Waals surface area contributed by atoms with Crippen molar-refractivity contribution in [2.45, 2.75) is 19.9 Å². The lowest BCUT2D eigenvalue weighted by Crippen LogP contribution is -2.17. The minimum Gasteiger partial charge on any atom is -0.348 e. The summed E-state index contributed by atoms with van der Waals surface area (Å²) in [6.07, 6.45) is 0. The Bertz CT molecular complexity index is 850. The number of anilines is 2. The zero-order chi connectivity index (χ0) is 17.6. The standard InChI is InChI=1S/C20H20N4O/c1-14-13-18(19(25)23-17-11-7-4-8-12-17)24-20(21-14)22-15(2)16-9-5-3-6-10-16/h3-13,15H,1-2H3,(H,23,25)(H,21,22,24). The molecule has 3 rings (SSSR count). The highest BCUT2D eigenvalue weighted by Gasteiger charge is 2.13. The van der Waals surface area contributed by atoms with Crippen LogP contribution in [0.2, 0.25) is 0 Å². The number of carbonyl (C=O) groups excluding carboxylic acids is 1. The summed E-state index contributed by atoms with van der Waals surface area (Å²) in [4.78, 5) is 21.2. The van der Waals surface area contributed by atoms with E-state index in [2.05, 4.69) is 20.6 Å². The first kappa shape index (κ1) is 16.6. The van der Waals surface area contributed by atoms with Gasteiger partial charge in [-0.25, -0.2) is 9.97 Å². The Morgan fingerprint density at radius 1 is 0.960 bits per heavy atom. The molecule has 2 aromatic carbocycles. The molecule has 126 valence electrons. The highest BCUT2D eigenvalue weighted by Crippen LogP contribution is 2.17. The van der Waals surface area contributed by atoms with Gasteiger partial charge >= 0.3 is 0 Å². The van der Waals surface area contributed by atoms with E-state index >= 15 is 0 Å². The van der Waals surface area contributed by atoms with Gasteiger partial charge in [-0.15, -0.1) is 0 Å². The minimum atomic E-state index is -0.257. The average Bonchev–Trinajstić information content (AvgIpc) is 2.63. The molecule has 1 atom stereocenters. The fraction of sp³-hybridized carbons (Fsp3) is 0.150. The van der Waals surface area contributed by atoms with Gasteiger partial charge in [-0.05, 0) is 37.6 Å². The number of hydrogen-bond donors (Lipinski definition) is 2. The van der Waals surface area contributed by atoms with Crippen molar-refractivity contribution in [2.75, 3.05) is 10.6 Å². The molecule has 1 amide bonds. The van der Waals surface area contributed by atoms with Gasteiger partial charge in [-0.1, -0.05) is 48.5 Å². The van der Waals surface area contributed by atoms with Gasteiger partial charge in [0.15, 0.2) is 0 Å². The van der Waals surface area contributed by atoms with E-state index in [1.54, 1.807) is 6.07 Å². The van der Waals surface area contributed by atoms with E-state index in [-0.39, 0.29) is 11.9 Å². The van der Waals surface area contributed by atoms with Crippen molar-refractivity contribution in [3.8, 4) is 0 Å². The van der Waals surface area contributed by atoms with Crippen molar-refractivity contribution in [1.82, 2.24) is 9.97 Å². The molecule has 5 nitrogen and oxygen atoms in total. The summed E-state index contributed by atoms with van der Waals surface area (Å²) < 4.78 is 0.